The van der Waals surface area contributed by atoms with Gasteiger partial charge in [-0.1, -0.05) is 181 Å². The normalized spacial score (nSPS) is 12.0. The molecule has 0 rings (SSSR count). The molecule has 0 saturated heterocycles. The van der Waals surface area contributed by atoms with Crippen molar-refractivity contribution in [2.75, 3.05) is 6.54 Å². The van der Waals surface area contributed by atoms with Gasteiger partial charge in [-0.3, -0.25) is 0 Å². The van der Waals surface area contributed by atoms with Gasteiger partial charge in [0, 0.05) is 12.8 Å². The molecule has 0 radical (unpaired) electrons. The fourth-order valence-electron chi connectivity index (χ4n) is 5.30. The average molecular weight is 508 g/mol. The lowest BCUT2D eigenvalue weighted by molar-refractivity contribution is -0.454. The largest absolute Gasteiger partial charge is 0.624 e. The van der Waals surface area contributed by atoms with Crippen LogP contribution >= 0.6 is 0 Å². The molecule has 2 heteroatoms. The Morgan fingerprint density at radius 1 is 0.361 bits per heavy atom. The summed E-state index contributed by atoms with van der Waals surface area (Å²) in [4.78, 5) is 0. The third-order valence-corrected chi connectivity index (χ3v) is 7.87. The molecule has 0 aromatic carbocycles. The number of hydrogen-bond acceptors (Lipinski definition) is 1. The summed E-state index contributed by atoms with van der Waals surface area (Å²) in [6.07, 6.45) is 43.0. The van der Waals surface area contributed by atoms with Crippen molar-refractivity contribution in [2.45, 2.75) is 206 Å². The molecule has 0 unspecified atom stereocenters. The van der Waals surface area contributed by atoms with Crippen molar-refractivity contribution in [2.24, 2.45) is 0 Å². The minimum absolute atomic E-state index is 0.705. The Balaban J connectivity index is 3.20. The smallest absolute Gasteiger partial charge is 0.153 e. The molecule has 0 saturated carbocycles. The maximum atomic E-state index is 12.0. The molecule has 0 atom stereocenters. The maximum absolute atomic E-state index is 12.0. The Labute approximate surface area is 229 Å². The van der Waals surface area contributed by atoms with Crippen LogP contribution in [0.5, 0.6) is 0 Å². The Bertz CT molecular complexity index is 419. The number of hydrogen-bond donors (Lipinski definition) is 0. The van der Waals surface area contributed by atoms with E-state index >= 15 is 0 Å². The van der Waals surface area contributed by atoms with Crippen molar-refractivity contribution >= 4 is 6.21 Å². The molecular formula is C34H69NO. The van der Waals surface area contributed by atoms with Gasteiger partial charge < -0.3 is 5.21 Å². The molecular weight excluding hydrogens is 438 g/mol. The van der Waals surface area contributed by atoms with Crippen molar-refractivity contribution in [3.63, 3.8) is 0 Å². The van der Waals surface area contributed by atoms with Crippen LogP contribution in [-0.2, 0) is 0 Å². The van der Waals surface area contributed by atoms with E-state index in [1.54, 1.807) is 0 Å². The first-order valence-corrected chi connectivity index (χ1v) is 17.1. The van der Waals surface area contributed by atoms with Gasteiger partial charge in [0.05, 0.1) is 0 Å². The number of hydroxylamine groups is 1. The topological polar surface area (TPSA) is 26.1 Å². The summed E-state index contributed by atoms with van der Waals surface area (Å²) >= 11 is 0. The first kappa shape index (κ1) is 35.5. The second-order valence-electron chi connectivity index (χ2n) is 11.7. The van der Waals surface area contributed by atoms with Gasteiger partial charge in [-0.15, -0.1) is 0 Å². The molecule has 0 heterocycles. The van der Waals surface area contributed by atoms with E-state index in [1.807, 2.05) is 6.21 Å². The molecule has 216 valence electrons. The van der Waals surface area contributed by atoms with Crippen molar-refractivity contribution in [1.82, 2.24) is 0 Å². The molecule has 0 aliphatic carbocycles. The zero-order chi connectivity index (χ0) is 26.2. The van der Waals surface area contributed by atoms with Gasteiger partial charge in [0.1, 0.15) is 0 Å². The van der Waals surface area contributed by atoms with Crippen molar-refractivity contribution < 1.29 is 4.74 Å². The van der Waals surface area contributed by atoms with E-state index in [0.29, 0.717) is 6.54 Å². The molecule has 0 aromatic rings. The minimum atomic E-state index is 0.705. The van der Waals surface area contributed by atoms with Crippen molar-refractivity contribution in [3.05, 3.63) is 5.21 Å². The average Bonchev–Trinajstić information content (AvgIpc) is 2.88. The van der Waals surface area contributed by atoms with E-state index in [4.69, 9.17) is 0 Å². The summed E-state index contributed by atoms with van der Waals surface area (Å²) in [6.45, 7) is 5.29. The summed E-state index contributed by atoms with van der Waals surface area (Å²) in [5.74, 6) is 0. The van der Waals surface area contributed by atoms with E-state index in [0.717, 1.165) is 12.8 Å². The van der Waals surface area contributed by atoms with E-state index in [9.17, 15) is 5.21 Å². The monoisotopic (exact) mass is 508 g/mol. The van der Waals surface area contributed by atoms with Gasteiger partial charge in [-0.25, -0.2) is 4.74 Å². The summed E-state index contributed by atoms with van der Waals surface area (Å²) in [7, 11) is 0. The van der Waals surface area contributed by atoms with Crippen LogP contribution < -0.4 is 0 Å². The van der Waals surface area contributed by atoms with E-state index in [2.05, 4.69) is 13.8 Å². The Morgan fingerprint density at radius 2 is 0.611 bits per heavy atom. The molecule has 0 aliphatic heterocycles. The van der Waals surface area contributed by atoms with Crippen LogP contribution in [0.4, 0.5) is 0 Å². The first-order valence-electron chi connectivity index (χ1n) is 17.1. The second-order valence-corrected chi connectivity index (χ2v) is 11.7. The van der Waals surface area contributed by atoms with E-state index in [-0.39, 0.29) is 0 Å². The van der Waals surface area contributed by atoms with Gasteiger partial charge in [0.2, 0.25) is 0 Å². The predicted octanol–water partition coefficient (Wildman–Crippen LogP) is 12.3. The third-order valence-electron chi connectivity index (χ3n) is 7.87. The fourth-order valence-corrected chi connectivity index (χ4v) is 5.30. The van der Waals surface area contributed by atoms with Crippen molar-refractivity contribution in [1.29, 1.82) is 0 Å². The van der Waals surface area contributed by atoms with Crippen LogP contribution in [0, 0.1) is 5.21 Å². The summed E-state index contributed by atoms with van der Waals surface area (Å²) in [5.41, 5.74) is 0. The lowest BCUT2D eigenvalue weighted by Crippen LogP contribution is -2.06. The van der Waals surface area contributed by atoms with Gasteiger partial charge in [-0.05, 0) is 12.8 Å². The van der Waals surface area contributed by atoms with Crippen LogP contribution in [0.2, 0.25) is 0 Å². The van der Waals surface area contributed by atoms with Gasteiger partial charge in [0.15, 0.2) is 12.8 Å². The van der Waals surface area contributed by atoms with Crippen LogP contribution in [0.1, 0.15) is 206 Å². The molecule has 2 nitrogen and oxygen atoms in total. The second kappa shape index (κ2) is 32.5. The molecule has 0 bridgehead atoms. The van der Waals surface area contributed by atoms with Gasteiger partial charge in [-0.2, -0.15) is 0 Å². The van der Waals surface area contributed by atoms with Crippen molar-refractivity contribution in [3.8, 4) is 0 Å². The van der Waals surface area contributed by atoms with Crippen LogP contribution in [-0.4, -0.2) is 17.5 Å². The van der Waals surface area contributed by atoms with Crippen LogP contribution in [0.15, 0.2) is 0 Å². The number of nitrogens with zero attached hydrogens (tertiary/aromatic N) is 1. The lowest BCUT2D eigenvalue weighted by atomic mass is 10.0. The highest BCUT2D eigenvalue weighted by Crippen LogP contribution is 2.14. The molecule has 0 amide bonds. The molecule has 0 aromatic heterocycles. The lowest BCUT2D eigenvalue weighted by Gasteiger charge is -2.05. The minimum Gasteiger partial charge on any atom is -0.624 e. The van der Waals surface area contributed by atoms with E-state index < -0.39 is 0 Å². The predicted molar refractivity (Wildman–Crippen MR) is 164 cm³/mol. The molecule has 0 spiro atoms. The molecule has 0 fully saturated rings. The Hall–Kier alpha value is -0.530. The zero-order valence-electron chi connectivity index (χ0n) is 25.4. The van der Waals surface area contributed by atoms with Gasteiger partial charge >= 0.3 is 0 Å². The van der Waals surface area contributed by atoms with E-state index in [1.165, 1.54) is 185 Å². The summed E-state index contributed by atoms with van der Waals surface area (Å²) in [6, 6.07) is 0. The van der Waals surface area contributed by atoms with Crippen LogP contribution in [0.3, 0.4) is 0 Å². The standard InChI is InChI=1S/C34H69NO/c1-3-5-7-9-11-13-15-17-18-19-20-22-24-26-28-30-32-34-35(36)33-31-29-27-25-23-21-16-14-12-10-8-6-4-2/h34H,3-33H2,1-2H3. The highest BCUT2D eigenvalue weighted by molar-refractivity contribution is 5.50. The first-order chi connectivity index (χ1) is 17.8. The number of unbranched alkanes of at least 4 members (excludes halogenated alkanes) is 28. The fraction of sp³-hybridized carbons (Fsp3) is 0.971. The third kappa shape index (κ3) is 31.5. The summed E-state index contributed by atoms with van der Waals surface area (Å²) < 4.78 is 1.21. The highest BCUT2D eigenvalue weighted by atomic mass is 16.5. The molecule has 0 N–H and O–H groups in total. The highest BCUT2D eigenvalue weighted by Gasteiger charge is 1.98. The maximum Gasteiger partial charge on any atom is 0.153 e. The Morgan fingerprint density at radius 3 is 0.917 bits per heavy atom. The summed E-state index contributed by atoms with van der Waals surface area (Å²) in [5, 5.41) is 12.0. The number of rotatable bonds is 31. The molecule has 36 heavy (non-hydrogen) atoms. The molecule has 0 aliphatic rings. The zero-order valence-corrected chi connectivity index (χ0v) is 25.4. The van der Waals surface area contributed by atoms with Gasteiger partial charge in [0.25, 0.3) is 0 Å². The SMILES string of the molecule is CCCCCCCCCCCCCCCCCCC=[N+]([O-])CCCCCCCCCCCCCCC. The quantitative estimate of drug-likeness (QED) is 0.0301. The Kier molecular flexibility index (Phi) is 32.0. The van der Waals surface area contributed by atoms with Crippen LogP contribution in [0.25, 0.3) is 0 Å².